The predicted octanol–water partition coefficient (Wildman–Crippen LogP) is 4.37. The van der Waals surface area contributed by atoms with Crippen molar-refractivity contribution in [3.63, 3.8) is 0 Å². The minimum atomic E-state index is -0.591. The Bertz CT molecular complexity index is 1190. The molecule has 0 radical (unpaired) electrons. The van der Waals surface area contributed by atoms with Gasteiger partial charge in [-0.15, -0.1) is 0 Å². The molecule has 0 fully saturated rings. The van der Waals surface area contributed by atoms with E-state index in [4.69, 9.17) is 14.0 Å². The van der Waals surface area contributed by atoms with Crippen LogP contribution in [0.15, 0.2) is 52.7 Å². The number of ether oxygens (including phenoxy) is 2. The molecule has 0 aliphatic carbocycles. The van der Waals surface area contributed by atoms with Crippen molar-refractivity contribution in [3.8, 4) is 28.6 Å². The van der Waals surface area contributed by atoms with Gasteiger partial charge in [0.05, 0.1) is 25.8 Å². The molecule has 1 unspecified atom stereocenters. The molecule has 1 aliphatic heterocycles. The smallest absolute Gasteiger partial charge is 0.322 e. The lowest BCUT2D eigenvalue weighted by atomic mass is 9.94. The van der Waals surface area contributed by atoms with Gasteiger partial charge < -0.3 is 24.4 Å². The predicted molar refractivity (Wildman–Crippen MR) is 122 cm³/mol. The third-order valence-corrected chi connectivity index (χ3v) is 5.58. The summed E-state index contributed by atoms with van der Waals surface area (Å²) >= 11 is 0. The standard InChI is InChI=1S/C24H26N4O5/c1-5-12-28-14(2)20(21(25-24(28)30)16-8-11-19(32-4)18(29)13-16)23-26-22(27-33-23)15-6-9-17(31-3)10-7-15/h6-11,13,21,29H,5,12H2,1-4H3,(H,25,30). The molecule has 1 aliphatic rings. The number of nitrogens with one attached hydrogen (secondary N) is 1. The second kappa shape index (κ2) is 9.23. The lowest BCUT2D eigenvalue weighted by Gasteiger charge is -2.35. The number of nitrogens with zero attached hydrogens (tertiary/aromatic N) is 3. The van der Waals surface area contributed by atoms with E-state index in [1.54, 1.807) is 30.2 Å². The van der Waals surface area contributed by atoms with E-state index in [1.165, 1.54) is 7.11 Å². The molecule has 0 saturated carbocycles. The number of phenols is 1. The summed E-state index contributed by atoms with van der Waals surface area (Å²) in [4.78, 5) is 19.1. The molecule has 1 atom stereocenters. The molecular formula is C24H26N4O5. The molecule has 3 aromatic rings. The second-order valence-corrected chi connectivity index (χ2v) is 7.62. The molecule has 2 N–H and O–H groups in total. The van der Waals surface area contributed by atoms with E-state index in [9.17, 15) is 9.90 Å². The fraction of sp³-hybridized carbons (Fsp3) is 0.292. The molecule has 2 aromatic carbocycles. The number of benzene rings is 2. The van der Waals surface area contributed by atoms with E-state index in [-0.39, 0.29) is 11.8 Å². The van der Waals surface area contributed by atoms with Crippen LogP contribution in [0.3, 0.4) is 0 Å². The van der Waals surface area contributed by atoms with Crippen molar-refractivity contribution < 1.29 is 23.9 Å². The number of rotatable bonds is 7. The van der Waals surface area contributed by atoms with Gasteiger partial charge in [-0.3, -0.25) is 4.90 Å². The number of aromatic hydroxyl groups is 1. The van der Waals surface area contributed by atoms with E-state index in [1.807, 2.05) is 38.1 Å². The van der Waals surface area contributed by atoms with Crippen molar-refractivity contribution in [1.82, 2.24) is 20.4 Å². The summed E-state index contributed by atoms with van der Waals surface area (Å²) in [5.74, 6) is 1.76. The van der Waals surface area contributed by atoms with Crippen molar-refractivity contribution >= 4 is 11.6 Å². The Morgan fingerprint density at radius 3 is 2.55 bits per heavy atom. The first-order chi connectivity index (χ1) is 16.0. The number of hydrogen-bond acceptors (Lipinski definition) is 7. The first-order valence-corrected chi connectivity index (χ1v) is 10.6. The third-order valence-electron chi connectivity index (χ3n) is 5.58. The maximum atomic E-state index is 12.9. The zero-order chi connectivity index (χ0) is 23.5. The highest BCUT2D eigenvalue weighted by Gasteiger charge is 2.35. The van der Waals surface area contributed by atoms with Crippen LogP contribution in [-0.2, 0) is 0 Å². The second-order valence-electron chi connectivity index (χ2n) is 7.62. The van der Waals surface area contributed by atoms with Crippen LogP contribution in [0.2, 0.25) is 0 Å². The van der Waals surface area contributed by atoms with Crippen molar-refractivity contribution in [3.05, 3.63) is 59.6 Å². The summed E-state index contributed by atoms with van der Waals surface area (Å²) < 4.78 is 16.0. The number of urea groups is 1. The van der Waals surface area contributed by atoms with Gasteiger partial charge in [0.1, 0.15) is 5.75 Å². The highest BCUT2D eigenvalue weighted by Crippen LogP contribution is 2.39. The van der Waals surface area contributed by atoms with Crippen LogP contribution in [0.5, 0.6) is 17.2 Å². The van der Waals surface area contributed by atoms with Crippen LogP contribution in [0.25, 0.3) is 17.0 Å². The third kappa shape index (κ3) is 4.21. The first-order valence-electron chi connectivity index (χ1n) is 10.6. The van der Waals surface area contributed by atoms with E-state index in [0.717, 1.165) is 17.7 Å². The highest BCUT2D eigenvalue weighted by molar-refractivity contribution is 5.87. The first kappa shape index (κ1) is 22.2. The van der Waals surface area contributed by atoms with Gasteiger partial charge in [-0.05, 0) is 55.3 Å². The van der Waals surface area contributed by atoms with Gasteiger partial charge in [0.25, 0.3) is 5.89 Å². The molecule has 1 aromatic heterocycles. The van der Waals surface area contributed by atoms with Crippen molar-refractivity contribution in [2.75, 3.05) is 20.8 Å². The Morgan fingerprint density at radius 1 is 1.15 bits per heavy atom. The number of allylic oxidation sites excluding steroid dienone is 1. The molecule has 0 saturated heterocycles. The minimum Gasteiger partial charge on any atom is -0.504 e. The van der Waals surface area contributed by atoms with Crippen LogP contribution in [0.1, 0.15) is 37.8 Å². The van der Waals surface area contributed by atoms with E-state index < -0.39 is 6.04 Å². The van der Waals surface area contributed by atoms with Crippen LogP contribution < -0.4 is 14.8 Å². The number of amides is 2. The van der Waals surface area contributed by atoms with Gasteiger partial charge in [-0.1, -0.05) is 18.1 Å². The van der Waals surface area contributed by atoms with Crippen molar-refractivity contribution in [2.45, 2.75) is 26.3 Å². The number of methoxy groups -OCH3 is 2. The van der Waals surface area contributed by atoms with Crippen LogP contribution in [0.4, 0.5) is 4.79 Å². The highest BCUT2D eigenvalue weighted by atomic mass is 16.5. The molecule has 9 heteroatoms. The summed E-state index contributed by atoms with van der Waals surface area (Å²) in [6, 6.07) is 11.5. The molecule has 2 amide bonds. The SMILES string of the molecule is CCCN1C(=O)NC(c2ccc(OC)c(O)c2)C(c2nc(-c3ccc(OC)cc3)no2)=C1C. The maximum absolute atomic E-state index is 12.9. The summed E-state index contributed by atoms with van der Waals surface area (Å²) in [5, 5.41) is 17.5. The average Bonchev–Trinajstić information content (AvgIpc) is 3.31. The summed E-state index contributed by atoms with van der Waals surface area (Å²) in [5.41, 5.74) is 2.81. The van der Waals surface area contributed by atoms with E-state index in [0.29, 0.717) is 40.8 Å². The monoisotopic (exact) mass is 450 g/mol. The zero-order valence-corrected chi connectivity index (χ0v) is 19.0. The minimum absolute atomic E-state index is 0.0262. The van der Waals surface area contributed by atoms with Gasteiger partial charge in [-0.25, -0.2) is 4.79 Å². The number of aromatic nitrogens is 2. The molecule has 33 heavy (non-hydrogen) atoms. The van der Waals surface area contributed by atoms with Crippen molar-refractivity contribution in [1.29, 1.82) is 0 Å². The van der Waals surface area contributed by atoms with Gasteiger partial charge in [0.2, 0.25) is 5.82 Å². The number of hydrogen-bond donors (Lipinski definition) is 2. The van der Waals surface area contributed by atoms with Gasteiger partial charge in [0.15, 0.2) is 11.5 Å². The Labute approximate surface area is 191 Å². The molecule has 0 bridgehead atoms. The average molecular weight is 450 g/mol. The molecule has 9 nitrogen and oxygen atoms in total. The Hall–Kier alpha value is -4.01. The van der Waals surface area contributed by atoms with Gasteiger partial charge in [-0.2, -0.15) is 4.98 Å². The van der Waals surface area contributed by atoms with Crippen molar-refractivity contribution in [2.24, 2.45) is 0 Å². The molecule has 172 valence electrons. The van der Waals surface area contributed by atoms with E-state index >= 15 is 0 Å². The number of phenolic OH excluding ortho intramolecular Hbond substituents is 1. The van der Waals surface area contributed by atoms with Gasteiger partial charge >= 0.3 is 6.03 Å². The number of carbonyl (C=O) groups is 1. The fourth-order valence-electron chi connectivity index (χ4n) is 3.88. The Balaban J connectivity index is 1.79. The summed E-state index contributed by atoms with van der Waals surface area (Å²) in [6.45, 7) is 4.40. The Morgan fingerprint density at radius 2 is 1.91 bits per heavy atom. The number of carbonyl (C=O) groups excluding carboxylic acids is 1. The molecule has 0 spiro atoms. The fourth-order valence-corrected chi connectivity index (χ4v) is 3.88. The molecular weight excluding hydrogens is 424 g/mol. The van der Waals surface area contributed by atoms with Gasteiger partial charge in [0, 0.05) is 17.8 Å². The van der Waals surface area contributed by atoms with E-state index in [2.05, 4.69) is 15.5 Å². The summed E-state index contributed by atoms with van der Waals surface area (Å²) in [7, 11) is 3.08. The zero-order valence-electron chi connectivity index (χ0n) is 19.0. The van der Waals surface area contributed by atoms with Crippen LogP contribution in [0, 0.1) is 0 Å². The Kier molecular flexibility index (Phi) is 6.21. The summed E-state index contributed by atoms with van der Waals surface area (Å²) in [6.07, 6.45) is 0.785. The largest absolute Gasteiger partial charge is 0.504 e. The maximum Gasteiger partial charge on any atom is 0.322 e. The van der Waals surface area contributed by atoms with Crippen LogP contribution >= 0.6 is 0 Å². The lowest BCUT2D eigenvalue weighted by Crippen LogP contribution is -2.46. The lowest BCUT2D eigenvalue weighted by molar-refractivity contribution is 0.205. The van der Waals surface area contributed by atoms with Crippen LogP contribution in [-0.4, -0.2) is 46.9 Å². The molecule has 2 heterocycles. The quantitative estimate of drug-likeness (QED) is 0.550. The molecule has 4 rings (SSSR count). The normalized spacial score (nSPS) is 16.1. The topological polar surface area (TPSA) is 110 Å².